The fourth-order valence-corrected chi connectivity index (χ4v) is 6.07. The van der Waals surface area contributed by atoms with Gasteiger partial charge in [-0.15, -0.1) is 11.8 Å². The van der Waals surface area contributed by atoms with E-state index in [4.69, 9.17) is 4.74 Å². The number of hydrogen-bond acceptors (Lipinski definition) is 7. The quantitative estimate of drug-likeness (QED) is 0.358. The number of carbonyl (C=O) groups is 2. The Morgan fingerprint density at radius 3 is 2.45 bits per heavy atom. The maximum atomic E-state index is 13.2. The molecular formula is C24H36N2O6S. The van der Waals surface area contributed by atoms with Gasteiger partial charge in [-0.05, 0) is 31.2 Å². The molecule has 0 aromatic heterocycles. The highest BCUT2D eigenvalue weighted by molar-refractivity contribution is 8.00. The van der Waals surface area contributed by atoms with Crippen LogP contribution in [0.15, 0.2) is 30.3 Å². The topological polar surface area (TPSA) is 128 Å². The van der Waals surface area contributed by atoms with Crippen LogP contribution >= 0.6 is 11.8 Å². The van der Waals surface area contributed by atoms with Crippen molar-refractivity contribution in [2.45, 2.75) is 93.0 Å². The summed E-state index contributed by atoms with van der Waals surface area (Å²) in [6.45, 7) is 0.935. The molecule has 1 aromatic rings. The molecule has 0 bridgehead atoms. The van der Waals surface area contributed by atoms with E-state index in [0.29, 0.717) is 18.1 Å². The molecule has 8 nitrogen and oxygen atoms in total. The van der Waals surface area contributed by atoms with Crippen LogP contribution in [-0.4, -0.2) is 74.8 Å². The maximum absolute atomic E-state index is 13.2. The van der Waals surface area contributed by atoms with Crippen molar-refractivity contribution in [3.05, 3.63) is 35.9 Å². The van der Waals surface area contributed by atoms with Crippen molar-refractivity contribution >= 4 is 23.6 Å². The van der Waals surface area contributed by atoms with E-state index in [1.165, 1.54) is 13.3 Å². The first-order chi connectivity index (χ1) is 15.9. The van der Waals surface area contributed by atoms with Gasteiger partial charge in [0.1, 0.15) is 29.8 Å². The number of carbonyl (C=O) groups excluding carboxylic acids is 2. The van der Waals surface area contributed by atoms with Crippen molar-refractivity contribution in [2.24, 2.45) is 0 Å². The first-order valence-corrected chi connectivity index (χ1v) is 12.7. The lowest BCUT2D eigenvalue weighted by Crippen LogP contribution is -2.65. The highest BCUT2D eigenvalue weighted by atomic mass is 32.2. The molecule has 1 saturated heterocycles. The van der Waals surface area contributed by atoms with E-state index in [0.717, 1.165) is 31.2 Å². The minimum atomic E-state index is -1.33. The highest BCUT2D eigenvalue weighted by Crippen LogP contribution is 2.36. The Hall–Kier alpha value is -1.65. The minimum Gasteiger partial charge on any atom is -0.394 e. The number of aliphatic hydroxyl groups is 3. The molecule has 2 fully saturated rings. The molecule has 184 valence electrons. The summed E-state index contributed by atoms with van der Waals surface area (Å²) in [5.74, 6) is -0.755. The van der Waals surface area contributed by atoms with Gasteiger partial charge in [0.15, 0.2) is 0 Å². The number of aliphatic hydroxyl groups excluding tert-OH is 3. The van der Waals surface area contributed by atoms with Crippen molar-refractivity contribution in [1.29, 1.82) is 0 Å². The van der Waals surface area contributed by atoms with Crippen molar-refractivity contribution in [3.63, 3.8) is 0 Å². The number of nitrogens with one attached hydrogen (secondary N) is 2. The third kappa shape index (κ3) is 7.42. The van der Waals surface area contributed by atoms with Crippen LogP contribution in [-0.2, 0) is 20.7 Å². The van der Waals surface area contributed by atoms with Crippen LogP contribution in [0.3, 0.4) is 0 Å². The number of aryl methyl sites for hydroxylation is 1. The summed E-state index contributed by atoms with van der Waals surface area (Å²) in [5, 5.41) is 36.7. The lowest BCUT2D eigenvalue weighted by atomic mass is 9.97. The van der Waals surface area contributed by atoms with Crippen molar-refractivity contribution in [3.8, 4) is 0 Å². The molecule has 1 aliphatic carbocycles. The number of amides is 2. The first kappa shape index (κ1) is 26.0. The van der Waals surface area contributed by atoms with Gasteiger partial charge in [-0.1, -0.05) is 49.6 Å². The maximum Gasteiger partial charge on any atom is 0.243 e. The third-order valence-corrected chi connectivity index (χ3v) is 7.86. The van der Waals surface area contributed by atoms with Gasteiger partial charge in [0.05, 0.1) is 12.6 Å². The molecule has 0 spiro atoms. The van der Waals surface area contributed by atoms with E-state index in [-0.39, 0.29) is 5.91 Å². The Bertz CT molecular complexity index is 761. The average molecular weight is 481 g/mol. The molecule has 1 aliphatic heterocycles. The fourth-order valence-electron chi connectivity index (χ4n) is 4.48. The average Bonchev–Trinajstić information content (AvgIpc) is 2.82. The Balaban J connectivity index is 1.70. The van der Waals surface area contributed by atoms with Crippen molar-refractivity contribution < 1.29 is 29.6 Å². The number of ether oxygens (including phenoxy) is 1. The first-order valence-electron chi connectivity index (χ1n) is 11.8. The number of hydrogen-bond donors (Lipinski definition) is 5. The van der Waals surface area contributed by atoms with Gasteiger partial charge in [0.25, 0.3) is 0 Å². The molecule has 3 rings (SSSR count). The van der Waals surface area contributed by atoms with Crippen LogP contribution in [0.1, 0.15) is 51.0 Å². The third-order valence-electron chi connectivity index (χ3n) is 6.33. The summed E-state index contributed by atoms with van der Waals surface area (Å²) in [4.78, 5) is 24.9. The normalized spacial score (nSPS) is 29.3. The monoisotopic (exact) mass is 480 g/mol. The SMILES string of the molecule is CC(=O)N[C@@H](CCc1ccccc1)C(=O)N[C@@H]1[C@@H](O)[C@H](O)[C@@H](CO)O[C@@H]1SC1CCCCC1. The summed E-state index contributed by atoms with van der Waals surface area (Å²) in [5.41, 5.74) is 0.438. The summed E-state index contributed by atoms with van der Waals surface area (Å²) < 4.78 is 5.93. The molecule has 1 heterocycles. The molecule has 6 atom stereocenters. The van der Waals surface area contributed by atoms with Gasteiger partial charge >= 0.3 is 0 Å². The van der Waals surface area contributed by atoms with Crippen molar-refractivity contribution in [2.75, 3.05) is 6.61 Å². The Labute approximate surface area is 199 Å². The largest absolute Gasteiger partial charge is 0.394 e. The second-order valence-electron chi connectivity index (χ2n) is 8.91. The summed E-state index contributed by atoms with van der Waals surface area (Å²) >= 11 is 1.55. The van der Waals surface area contributed by atoms with E-state index < -0.39 is 48.3 Å². The van der Waals surface area contributed by atoms with Gasteiger partial charge in [-0.2, -0.15) is 0 Å². The number of rotatable bonds is 9. The van der Waals surface area contributed by atoms with E-state index in [1.807, 2.05) is 30.3 Å². The molecule has 2 amide bonds. The van der Waals surface area contributed by atoms with E-state index in [9.17, 15) is 24.9 Å². The van der Waals surface area contributed by atoms with Crippen LogP contribution in [0, 0.1) is 0 Å². The second-order valence-corrected chi connectivity index (χ2v) is 10.3. The molecule has 1 saturated carbocycles. The lowest BCUT2D eigenvalue weighted by Gasteiger charge is -2.44. The predicted octanol–water partition coefficient (Wildman–Crippen LogP) is 1.11. The van der Waals surface area contributed by atoms with Gasteiger partial charge in [-0.25, -0.2) is 0 Å². The minimum absolute atomic E-state index is 0.322. The molecule has 0 unspecified atom stereocenters. The second kappa shape index (κ2) is 12.7. The predicted molar refractivity (Wildman–Crippen MR) is 127 cm³/mol. The smallest absolute Gasteiger partial charge is 0.243 e. The molecule has 1 aromatic carbocycles. The Morgan fingerprint density at radius 1 is 1.12 bits per heavy atom. The van der Waals surface area contributed by atoms with Crippen LogP contribution in [0.5, 0.6) is 0 Å². The zero-order chi connectivity index (χ0) is 23.8. The van der Waals surface area contributed by atoms with Crippen molar-refractivity contribution in [1.82, 2.24) is 10.6 Å². The lowest BCUT2D eigenvalue weighted by molar-refractivity contribution is -0.174. The summed E-state index contributed by atoms with van der Waals surface area (Å²) in [6.07, 6.45) is 2.94. The van der Waals surface area contributed by atoms with Crippen LogP contribution in [0.25, 0.3) is 0 Å². The van der Waals surface area contributed by atoms with Gasteiger partial charge in [-0.3, -0.25) is 9.59 Å². The zero-order valence-corrected chi connectivity index (χ0v) is 19.9. The summed E-state index contributed by atoms with van der Waals surface area (Å²) in [6, 6.07) is 8.03. The van der Waals surface area contributed by atoms with Crippen LogP contribution < -0.4 is 10.6 Å². The number of thioether (sulfide) groups is 1. The molecular weight excluding hydrogens is 444 g/mol. The van der Waals surface area contributed by atoms with Crippen LogP contribution in [0.4, 0.5) is 0 Å². The van der Waals surface area contributed by atoms with Gasteiger partial charge in [0.2, 0.25) is 11.8 Å². The van der Waals surface area contributed by atoms with Crippen LogP contribution in [0.2, 0.25) is 0 Å². The molecule has 9 heteroatoms. The molecule has 0 radical (unpaired) electrons. The molecule has 33 heavy (non-hydrogen) atoms. The zero-order valence-electron chi connectivity index (χ0n) is 19.1. The Kier molecular flexibility index (Phi) is 10.0. The summed E-state index contributed by atoms with van der Waals surface area (Å²) in [7, 11) is 0. The van der Waals surface area contributed by atoms with Gasteiger partial charge in [0, 0.05) is 12.2 Å². The Morgan fingerprint density at radius 2 is 1.82 bits per heavy atom. The molecule has 5 N–H and O–H groups in total. The van der Waals surface area contributed by atoms with Gasteiger partial charge < -0.3 is 30.7 Å². The number of benzene rings is 1. The fraction of sp³-hybridized carbons (Fsp3) is 0.667. The van der Waals surface area contributed by atoms with E-state index in [1.54, 1.807) is 11.8 Å². The van der Waals surface area contributed by atoms with E-state index >= 15 is 0 Å². The van der Waals surface area contributed by atoms with E-state index in [2.05, 4.69) is 10.6 Å². The molecule has 2 aliphatic rings. The highest BCUT2D eigenvalue weighted by Gasteiger charge is 2.46. The standard InChI is InChI=1S/C24H36N2O6S/c1-15(28)25-18(13-12-16-8-4-2-5-9-16)23(31)26-20-22(30)21(29)19(14-27)32-24(20)33-17-10-6-3-7-11-17/h2,4-5,8-9,17-22,24,27,29-30H,3,6-7,10-14H2,1H3,(H,25,28)(H,26,31)/t18-,19+,20+,21+,22+,24+/m0/s1.